The number of hydrogen-bond acceptors (Lipinski definition) is 5. The van der Waals surface area contributed by atoms with Gasteiger partial charge in [0.2, 0.25) is 5.91 Å². The van der Waals surface area contributed by atoms with Gasteiger partial charge in [-0.15, -0.1) is 0 Å². The first-order valence-corrected chi connectivity index (χ1v) is 35.6. The van der Waals surface area contributed by atoms with E-state index in [0.29, 0.717) is 17.4 Å². The van der Waals surface area contributed by atoms with Crippen molar-refractivity contribution in [3.63, 3.8) is 0 Å². The number of phosphoric acid groups is 1. The topological polar surface area (TPSA) is 105 Å². The van der Waals surface area contributed by atoms with Crippen molar-refractivity contribution < 1.29 is 32.9 Å². The molecule has 0 aromatic heterocycles. The number of carbonyl (C=O) groups excluding carboxylic acids is 1. The van der Waals surface area contributed by atoms with Gasteiger partial charge in [0, 0.05) is 6.42 Å². The highest BCUT2D eigenvalue weighted by molar-refractivity contribution is 7.47. The van der Waals surface area contributed by atoms with E-state index < -0.39 is 20.0 Å². The lowest BCUT2D eigenvalue weighted by Crippen LogP contribution is -2.45. The molecule has 3 atom stereocenters. The third-order valence-electron chi connectivity index (χ3n) is 16.0. The third kappa shape index (κ3) is 60.9. The number of rotatable bonds is 64. The van der Waals surface area contributed by atoms with Crippen LogP contribution in [0.25, 0.3) is 0 Å². The lowest BCUT2D eigenvalue weighted by atomic mass is 10.0. The van der Waals surface area contributed by atoms with E-state index in [1.54, 1.807) is 6.08 Å². The van der Waals surface area contributed by atoms with Gasteiger partial charge in [0.15, 0.2) is 0 Å². The number of likely N-dealkylation sites (N-methyl/N-ethyl adjacent to an activating group) is 1. The molecule has 0 bridgehead atoms. The minimum atomic E-state index is -4.35. The third-order valence-corrected chi connectivity index (χ3v) is 17.0. The Hall–Kier alpha value is -0.760. The Labute approximate surface area is 475 Å². The highest BCUT2D eigenvalue weighted by Crippen LogP contribution is 2.43. The van der Waals surface area contributed by atoms with Crippen molar-refractivity contribution in [1.82, 2.24) is 5.32 Å². The Morgan fingerprint density at radius 1 is 0.434 bits per heavy atom. The van der Waals surface area contributed by atoms with E-state index in [9.17, 15) is 19.4 Å². The first-order chi connectivity index (χ1) is 37.0. The van der Waals surface area contributed by atoms with Crippen LogP contribution < -0.4 is 5.32 Å². The van der Waals surface area contributed by atoms with Gasteiger partial charge in [-0.1, -0.05) is 347 Å². The quantitative estimate of drug-likeness (QED) is 0.0243. The predicted molar refractivity (Wildman–Crippen MR) is 332 cm³/mol. The molecule has 0 saturated carbocycles. The molecule has 0 spiro atoms. The summed E-state index contributed by atoms with van der Waals surface area (Å²) in [5, 5.41) is 14.0. The number of unbranched alkanes of at least 4 members (excludes halogenated alkanes) is 51. The SMILES string of the molecule is CCCCCCCCCCCCCCCCCCCCCCCCCCCCCCC/C=C/C(O)C(COP(=O)(O)OCC[N+](C)(C)C)NC(=O)CCCCCCCCCCCCCCCCCCCCCCCCC. The van der Waals surface area contributed by atoms with Crippen LogP contribution >= 0.6 is 7.82 Å². The van der Waals surface area contributed by atoms with Crippen LogP contribution in [0.3, 0.4) is 0 Å². The highest BCUT2D eigenvalue weighted by Gasteiger charge is 2.28. The molecule has 0 heterocycles. The summed E-state index contributed by atoms with van der Waals surface area (Å²) in [4.78, 5) is 23.4. The molecule has 1 amide bonds. The molecule has 9 heteroatoms. The Balaban J connectivity index is 4.04. The first-order valence-electron chi connectivity index (χ1n) is 34.1. The summed E-state index contributed by atoms with van der Waals surface area (Å²) in [6, 6.07) is -0.843. The largest absolute Gasteiger partial charge is 0.472 e. The second kappa shape index (κ2) is 58.9. The number of amides is 1. The van der Waals surface area contributed by atoms with E-state index in [1.807, 2.05) is 27.2 Å². The van der Waals surface area contributed by atoms with Crippen molar-refractivity contribution in [2.75, 3.05) is 40.9 Å². The van der Waals surface area contributed by atoms with Crippen molar-refractivity contribution in [2.24, 2.45) is 0 Å². The van der Waals surface area contributed by atoms with Crippen molar-refractivity contribution in [3.8, 4) is 0 Å². The number of nitrogens with zero attached hydrogens (tertiary/aromatic N) is 1. The number of carbonyl (C=O) groups is 1. The van der Waals surface area contributed by atoms with Crippen LogP contribution in [-0.4, -0.2) is 73.4 Å². The number of hydrogen-bond donors (Lipinski definition) is 3. The summed E-state index contributed by atoms with van der Waals surface area (Å²) >= 11 is 0. The fourth-order valence-corrected chi connectivity index (χ4v) is 11.4. The molecule has 0 radical (unpaired) electrons. The molecular formula is C67H136N2O6P+. The zero-order valence-corrected chi connectivity index (χ0v) is 52.9. The predicted octanol–water partition coefficient (Wildman–Crippen LogP) is 21.3. The van der Waals surface area contributed by atoms with E-state index in [1.165, 1.54) is 308 Å². The van der Waals surface area contributed by atoms with Crippen LogP contribution in [0.15, 0.2) is 12.2 Å². The summed E-state index contributed by atoms with van der Waals surface area (Å²) in [6.07, 6.45) is 75.0. The lowest BCUT2D eigenvalue weighted by molar-refractivity contribution is -0.870. The Morgan fingerprint density at radius 2 is 0.697 bits per heavy atom. The summed E-state index contributed by atoms with van der Waals surface area (Å²) < 4.78 is 23.8. The standard InChI is InChI=1S/C67H135N2O6P/c1-6-8-10-12-14-16-18-20-22-24-26-28-30-31-32-33-34-35-36-37-39-40-42-44-46-48-50-52-54-56-58-60-66(70)65(64-75-76(72,73)74-63-62-69(3,4)5)68-67(71)61-59-57-55-53-51-49-47-45-43-41-38-29-27-25-23-21-19-17-15-13-11-9-7-2/h58,60,65-66,70H,6-57,59,61-64H2,1-5H3,(H-,68,71,72,73)/p+1/b60-58+. The number of quaternary nitrogens is 1. The minimum absolute atomic E-state index is 0.0655. The van der Waals surface area contributed by atoms with E-state index in [-0.39, 0.29) is 19.1 Å². The van der Waals surface area contributed by atoms with Gasteiger partial charge in [-0.05, 0) is 19.3 Å². The molecule has 0 aliphatic rings. The van der Waals surface area contributed by atoms with Crippen LogP contribution in [0.1, 0.15) is 361 Å². The molecule has 454 valence electrons. The van der Waals surface area contributed by atoms with E-state index in [0.717, 1.165) is 32.1 Å². The molecule has 76 heavy (non-hydrogen) atoms. The maximum Gasteiger partial charge on any atom is 0.472 e. The minimum Gasteiger partial charge on any atom is -0.387 e. The van der Waals surface area contributed by atoms with Crippen molar-refractivity contribution in [3.05, 3.63) is 12.2 Å². The van der Waals surface area contributed by atoms with Crippen LogP contribution in [0.4, 0.5) is 0 Å². The molecule has 0 rings (SSSR count). The average Bonchev–Trinajstić information content (AvgIpc) is 3.38. The van der Waals surface area contributed by atoms with Crippen molar-refractivity contribution >= 4 is 13.7 Å². The summed E-state index contributed by atoms with van der Waals surface area (Å²) in [5.74, 6) is -0.167. The number of aliphatic hydroxyl groups is 1. The van der Waals surface area contributed by atoms with Gasteiger partial charge in [-0.25, -0.2) is 4.57 Å². The van der Waals surface area contributed by atoms with Gasteiger partial charge in [0.05, 0.1) is 39.9 Å². The van der Waals surface area contributed by atoms with Crippen LogP contribution in [-0.2, 0) is 18.4 Å². The molecule has 0 fully saturated rings. The maximum atomic E-state index is 13.0. The number of phosphoric ester groups is 1. The van der Waals surface area contributed by atoms with Gasteiger partial charge in [0.1, 0.15) is 13.2 Å². The zero-order valence-electron chi connectivity index (χ0n) is 52.0. The van der Waals surface area contributed by atoms with E-state index in [4.69, 9.17) is 9.05 Å². The lowest BCUT2D eigenvalue weighted by Gasteiger charge is -2.25. The van der Waals surface area contributed by atoms with E-state index in [2.05, 4.69) is 19.2 Å². The molecular weight excluding hydrogens is 960 g/mol. The Bertz CT molecular complexity index is 1240. The van der Waals surface area contributed by atoms with Gasteiger partial charge < -0.3 is 19.8 Å². The van der Waals surface area contributed by atoms with Gasteiger partial charge in [-0.2, -0.15) is 0 Å². The van der Waals surface area contributed by atoms with Crippen LogP contribution in [0.2, 0.25) is 0 Å². The molecule has 0 aliphatic carbocycles. The summed E-state index contributed by atoms with van der Waals surface area (Å²) in [5.41, 5.74) is 0. The average molecular weight is 1100 g/mol. The fourth-order valence-electron chi connectivity index (χ4n) is 10.7. The maximum absolute atomic E-state index is 13.0. The normalized spacial score (nSPS) is 13.7. The Kier molecular flexibility index (Phi) is 58.3. The Morgan fingerprint density at radius 3 is 0.974 bits per heavy atom. The summed E-state index contributed by atoms with van der Waals surface area (Å²) in [7, 11) is 1.60. The van der Waals surface area contributed by atoms with E-state index >= 15 is 0 Å². The molecule has 3 unspecified atom stereocenters. The monoisotopic (exact) mass is 1100 g/mol. The van der Waals surface area contributed by atoms with Crippen LogP contribution in [0.5, 0.6) is 0 Å². The second-order valence-corrected chi connectivity index (χ2v) is 26.4. The smallest absolute Gasteiger partial charge is 0.387 e. The van der Waals surface area contributed by atoms with Crippen molar-refractivity contribution in [2.45, 2.75) is 373 Å². The number of nitrogens with one attached hydrogen (secondary N) is 1. The molecule has 0 saturated heterocycles. The molecule has 0 aromatic carbocycles. The van der Waals surface area contributed by atoms with Crippen molar-refractivity contribution in [1.29, 1.82) is 0 Å². The highest BCUT2D eigenvalue weighted by atomic mass is 31.2. The molecule has 0 aliphatic heterocycles. The van der Waals surface area contributed by atoms with Gasteiger partial charge >= 0.3 is 7.82 Å². The fraction of sp³-hybridized carbons (Fsp3) is 0.955. The number of allylic oxidation sites excluding steroid dienone is 1. The van der Waals surface area contributed by atoms with Gasteiger partial charge in [-0.3, -0.25) is 13.8 Å². The molecule has 0 aromatic rings. The molecule has 3 N–H and O–H groups in total. The van der Waals surface area contributed by atoms with Gasteiger partial charge in [0.25, 0.3) is 0 Å². The van der Waals surface area contributed by atoms with Crippen LogP contribution in [0, 0.1) is 0 Å². The second-order valence-electron chi connectivity index (χ2n) is 24.9. The molecule has 8 nitrogen and oxygen atoms in total. The number of aliphatic hydroxyl groups excluding tert-OH is 1. The first kappa shape index (κ1) is 75.2. The zero-order chi connectivity index (χ0) is 55.6. The summed E-state index contributed by atoms with van der Waals surface area (Å²) in [6.45, 7) is 4.89.